The Morgan fingerprint density at radius 1 is 1.53 bits per heavy atom. The molecule has 0 bridgehead atoms. The summed E-state index contributed by atoms with van der Waals surface area (Å²) in [5.74, 6) is -0.949. The predicted octanol–water partition coefficient (Wildman–Crippen LogP) is 0.208. The van der Waals surface area contributed by atoms with Gasteiger partial charge in [0, 0.05) is 0 Å². The molecule has 5 heteroatoms. The summed E-state index contributed by atoms with van der Waals surface area (Å²) in [7, 11) is 1.42. The normalized spacial score (nSPS) is 10.3. The molecular formula is C10H14N2O3. The van der Waals surface area contributed by atoms with Crippen molar-refractivity contribution in [3.8, 4) is 0 Å². The van der Waals surface area contributed by atoms with E-state index in [4.69, 9.17) is 10.5 Å². The molecule has 0 aromatic carbocycles. The molecule has 15 heavy (non-hydrogen) atoms. The number of amides is 2. The number of ether oxygens (including phenoxy) is 1. The lowest BCUT2D eigenvalue weighted by atomic mass is 10.3. The third-order valence-corrected chi connectivity index (χ3v) is 1.44. The second kappa shape index (κ2) is 6.42. The first kappa shape index (κ1) is 13.0. The molecule has 0 spiro atoms. The molecule has 0 rings (SSSR count). The molecule has 0 aliphatic carbocycles. The third kappa shape index (κ3) is 5.30. The van der Waals surface area contributed by atoms with E-state index in [1.807, 2.05) is 0 Å². The van der Waals surface area contributed by atoms with Gasteiger partial charge in [-0.05, 0) is 6.08 Å². The number of hydrogen-bond donors (Lipinski definition) is 2. The molecule has 0 fully saturated rings. The lowest BCUT2D eigenvalue weighted by Crippen LogP contribution is -2.28. The molecule has 3 N–H and O–H groups in total. The van der Waals surface area contributed by atoms with Crippen LogP contribution in [-0.4, -0.2) is 18.9 Å². The molecule has 0 aliphatic heterocycles. The van der Waals surface area contributed by atoms with E-state index < -0.39 is 11.8 Å². The Morgan fingerprint density at radius 3 is 2.53 bits per heavy atom. The van der Waals surface area contributed by atoms with Crippen LogP contribution in [0.2, 0.25) is 0 Å². The zero-order valence-corrected chi connectivity index (χ0v) is 8.58. The second-order valence-electron chi connectivity index (χ2n) is 2.63. The quantitative estimate of drug-likeness (QED) is 0.373. The van der Waals surface area contributed by atoms with E-state index in [9.17, 15) is 9.59 Å². The van der Waals surface area contributed by atoms with Crippen molar-refractivity contribution in [3.63, 3.8) is 0 Å². The summed E-state index contributed by atoms with van der Waals surface area (Å²) in [5, 5.41) is 2.43. The molecule has 0 saturated carbocycles. The summed E-state index contributed by atoms with van der Waals surface area (Å²) in [6.07, 6.45) is 2.58. The minimum absolute atomic E-state index is 0.271. The van der Waals surface area contributed by atoms with E-state index in [0.29, 0.717) is 5.70 Å². The highest BCUT2D eigenvalue weighted by atomic mass is 16.5. The van der Waals surface area contributed by atoms with Gasteiger partial charge < -0.3 is 15.8 Å². The van der Waals surface area contributed by atoms with Gasteiger partial charge in [-0.1, -0.05) is 19.2 Å². The molecule has 0 saturated heterocycles. The molecule has 0 aromatic rings. The van der Waals surface area contributed by atoms with Gasteiger partial charge in [-0.15, -0.1) is 0 Å². The molecule has 0 atom stereocenters. The Kier molecular flexibility index (Phi) is 5.55. The Hall–Kier alpha value is -2.04. The van der Waals surface area contributed by atoms with Gasteiger partial charge in [0.2, 0.25) is 11.8 Å². The first-order valence-corrected chi connectivity index (χ1v) is 4.15. The molecule has 0 radical (unpaired) electrons. The van der Waals surface area contributed by atoms with E-state index in [1.54, 1.807) is 0 Å². The van der Waals surface area contributed by atoms with Gasteiger partial charge in [-0.25, -0.2) is 0 Å². The minimum Gasteiger partial charge on any atom is -0.495 e. The first-order valence-electron chi connectivity index (χ1n) is 4.15. The highest BCUT2D eigenvalue weighted by Crippen LogP contribution is 2.04. The van der Waals surface area contributed by atoms with Crippen molar-refractivity contribution in [1.82, 2.24) is 5.32 Å². The standard InChI is InChI=1S/C10H14N2O3/c1-4-5-8(7(2)15-3)12-10(14)6-9(11)13/h4-5H,1-2,6H2,3H3,(H2,11,13)(H,12,14)/b8-5+. The summed E-state index contributed by atoms with van der Waals surface area (Å²) in [6.45, 7) is 7.02. The van der Waals surface area contributed by atoms with Crippen LogP contribution in [0.4, 0.5) is 0 Å². The lowest BCUT2D eigenvalue weighted by molar-refractivity contribution is -0.127. The number of carbonyl (C=O) groups excluding carboxylic acids is 2. The number of nitrogens with two attached hydrogens (primary N) is 1. The van der Waals surface area contributed by atoms with Gasteiger partial charge in [0.25, 0.3) is 0 Å². The maximum atomic E-state index is 11.2. The maximum Gasteiger partial charge on any atom is 0.233 e. The second-order valence-corrected chi connectivity index (χ2v) is 2.63. The fraction of sp³-hybridized carbons (Fsp3) is 0.200. The van der Waals surface area contributed by atoms with E-state index >= 15 is 0 Å². The zero-order chi connectivity index (χ0) is 11.8. The van der Waals surface area contributed by atoms with Gasteiger partial charge >= 0.3 is 0 Å². The highest BCUT2D eigenvalue weighted by Gasteiger charge is 2.09. The number of primary amides is 1. The van der Waals surface area contributed by atoms with E-state index in [0.717, 1.165) is 0 Å². The molecule has 0 aliphatic rings. The average Bonchev–Trinajstić information content (AvgIpc) is 2.14. The van der Waals surface area contributed by atoms with Gasteiger partial charge in [0.15, 0.2) is 0 Å². The van der Waals surface area contributed by atoms with Crippen molar-refractivity contribution >= 4 is 11.8 Å². The zero-order valence-electron chi connectivity index (χ0n) is 8.58. The Balaban J connectivity index is 4.49. The fourth-order valence-electron chi connectivity index (χ4n) is 0.785. The summed E-state index contributed by atoms with van der Waals surface area (Å²) in [5.41, 5.74) is 5.20. The summed E-state index contributed by atoms with van der Waals surface area (Å²) in [6, 6.07) is 0. The van der Waals surface area contributed by atoms with E-state index in [1.165, 1.54) is 19.3 Å². The van der Waals surface area contributed by atoms with Crippen LogP contribution >= 0.6 is 0 Å². The number of allylic oxidation sites excluding steroid dienone is 2. The summed E-state index contributed by atoms with van der Waals surface area (Å²) < 4.78 is 4.83. The van der Waals surface area contributed by atoms with Crippen molar-refractivity contribution < 1.29 is 14.3 Å². The molecule has 5 nitrogen and oxygen atoms in total. The predicted molar refractivity (Wildman–Crippen MR) is 56.4 cm³/mol. The Morgan fingerprint density at radius 2 is 2.13 bits per heavy atom. The third-order valence-electron chi connectivity index (χ3n) is 1.44. The summed E-state index contributed by atoms with van der Waals surface area (Å²) >= 11 is 0. The van der Waals surface area contributed by atoms with Gasteiger partial charge in [0.1, 0.15) is 12.2 Å². The van der Waals surface area contributed by atoms with Crippen molar-refractivity contribution in [1.29, 1.82) is 0 Å². The highest BCUT2D eigenvalue weighted by molar-refractivity contribution is 5.96. The number of carbonyl (C=O) groups is 2. The molecule has 2 amide bonds. The van der Waals surface area contributed by atoms with Crippen LogP contribution < -0.4 is 11.1 Å². The van der Waals surface area contributed by atoms with Crippen LogP contribution in [0, 0.1) is 0 Å². The van der Waals surface area contributed by atoms with Crippen molar-refractivity contribution in [3.05, 3.63) is 36.8 Å². The van der Waals surface area contributed by atoms with Crippen LogP contribution in [0.15, 0.2) is 36.8 Å². The molecule has 0 unspecified atom stereocenters. The van der Waals surface area contributed by atoms with Crippen molar-refractivity contribution in [2.24, 2.45) is 5.73 Å². The van der Waals surface area contributed by atoms with Gasteiger partial charge in [-0.3, -0.25) is 9.59 Å². The van der Waals surface area contributed by atoms with Crippen molar-refractivity contribution in [2.45, 2.75) is 6.42 Å². The average molecular weight is 210 g/mol. The topological polar surface area (TPSA) is 81.4 Å². The van der Waals surface area contributed by atoms with E-state index in [2.05, 4.69) is 18.5 Å². The number of nitrogens with one attached hydrogen (secondary N) is 1. The molecular weight excluding hydrogens is 196 g/mol. The Labute approximate surface area is 88.3 Å². The summed E-state index contributed by atoms with van der Waals surface area (Å²) in [4.78, 5) is 21.6. The number of hydrogen-bond acceptors (Lipinski definition) is 3. The molecule has 82 valence electrons. The van der Waals surface area contributed by atoms with Crippen LogP contribution in [0.25, 0.3) is 0 Å². The molecule has 0 aromatic heterocycles. The van der Waals surface area contributed by atoms with Crippen LogP contribution in [0.3, 0.4) is 0 Å². The van der Waals surface area contributed by atoms with Crippen LogP contribution in [0.1, 0.15) is 6.42 Å². The number of rotatable bonds is 6. The Bertz CT molecular complexity index is 319. The SMILES string of the molecule is C=C/C=C(/NC(=O)CC(N)=O)C(=C)OC. The minimum atomic E-state index is -0.700. The fourth-order valence-corrected chi connectivity index (χ4v) is 0.785. The lowest BCUT2D eigenvalue weighted by Gasteiger charge is -2.10. The largest absolute Gasteiger partial charge is 0.495 e. The first-order chi connectivity index (χ1) is 7.01. The van der Waals surface area contributed by atoms with Crippen LogP contribution in [-0.2, 0) is 14.3 Å². The van der Waals surface area contributed by atoms with Crippen molar-refractivity contribution in [2.75, 3.05) is 7.11 Å². The van der Waals surface area contributed by atoms with Gasteiger partial charge in [0.05, 0.1) is 12.8 Å². The number of methoxy groups -OCH3 is 1. The smallest absolute Gasteiger partial charge is 0.233 e. The van der Waals surface area contributed by atoms with Crippen LogP contribution in [0.5, 0.6) is 0 Å². The maximum absolute atomic E-state index is 11.2. The van der Waals surface area contributed by atoms with E-state index in [-0.39, 0.29) is 12.2 Å². The monoisotopic (exact) mass is 210 g/mol. The van der Waals surface area contributed by atoms with Gasteiger partial charge in [-0.2, -0.15) is 0 Å². The molecule has 0 heterocycles.